The average molecular weight is 427 g/mol. The van der Waals surface area contributed by atoms with Gasteiger partial charge >= 0.3 is 6.03 Å². The van der Waals surface area contributed by atoms with E-state index in [0.29, 0.717) is 23.7 Å². The van der Waals surface area contributed by atoms with Crippen LogP contribution in [0.4, 0.5) is 4.79 Å². The van der Waals surface area contributed by atoms with Gasteiger partial charge in [0.2, 0.25) is 5.91 Å². The molecule has 0 unspecified atom stereocenters. The highest BCUT2D eigenvalue weighted by atomic mass is 32.2. The molecule has 0 radical (unpaired) electrons. The number of thioether (sulfide) groups is 1. The molecule has 8 nitrogen and oxygen atoms in total. The normalized spacial score (nSPS) is 14.8. The van der Waals surface area contributed by atoms with E-state index in [-0.39, 0.29) is 5.91 Å². The van der Waals surface area contributed by atoms with Gasteiger partial charge in [-0.05, 0) is 31.7 Å². The molecule has 1 aromatic carbocycles. The van der Waals surface area contributed by atoms with E-state index in [9.17, 15) is 9.59 Å². The Labute approximate surface area is 179 Å². The number of nitrogens with zero attached hydrogens (tertiary/aromatic N) is 3. The van der Waals surface area contributed by atoms with Crippen molar-refractivity contribution >= 4 is 34.6 Å². The minimum Gasteiger partial charge on any atom is -0.360 e. The molecular weight excluding hydrogens is 400 g/mol. The molecule has 9 heteroatoms. The van der Waals surface area contributed by atoms with Crippen LogP contribution >= 0.6 is 11.8 Å². The smallest absolute Gasteiger partial charge is 0.321 e. The summed E-state index contributed by atoms with van der Waals surface area (Å²) in [6.45, 7) is 6.28. The van der Waals surface area contributed by atoms with Gasteiger partial charge in [0.05, 0.1) is 5.25 Å². The van der Waals surface area contributed by atoms with Crippen LogP contribution < -0.4 is 10.6 Å². The molecule has 1 fully saturated rings. The van der Waals surface area contributed by atoms with E-state index in [1.54, 1.807) is 6.92 Å². The number of aromatic amines is 1. The Morgan fingerprint density at radius 1 is 1.23 bits per heavy atom. The SMILES string of the molecule is CC(C)CNC(=O)NC(=O)[C@@H](C)Sc1nnc(-c2c[nH]c3ccccc23)n1C1CC1. The molecule has 0 saturated heterocycles. The molecule has 30 heavy (non-hydrogen) atoms. The first kappa shape index (κ1) is 20.5. The lowest BCUT2D eigenvalue weighted by Crippen LogP contribution is -2.43. The number of carbonyl (C=O) groups is 2. The zero-order valence-corrected chi connectivity index (χ0v) is 18.1. The molecule has 1 aliphatic rings. The number of amides is 3. The van der Waals surface area contributed by atoms with Crippen LogP contribution in [-0.4, -0.2) is 43.5 Å². The summed E-state index contributed by atoms with van der Waals surface area (Å²) in [4.78, 5) is 27.6. The molecule has 1 saturated carbocycles. The Kier molecular flexibility index (Phi) is 5.80. The second-order valence-corrected chi connectivity index (χ2v) is 9.32. The number of aromatic nitrogens is 4. The summed E-state index contributed by atoms with van der Waals surface area (Å²) in [7, 11) is 0. The summed E-state index contributed by atoms with van der Waals surface area (Å²) in [6.07, 6.45) is 4.09. The number of hydrogen-bond donors (Lipinski definition) is 3. The molecule has 158 valence electrons. The van der Waals surface area contributed by atoms with Crippen molar-refractivity contribution in [2.75, 3.05) is 6.54 Å². The van der Waals surface area contributed by atoms with E-state index in [4.69, 9.17) is 0 Å². The molecule has 3 amide bonds. The van der Waals surface area contributed by atoms with Crippen molar-refractivity contribution in [3.05, 3.63) is 30.5 Å². The van der Waals surface area contributed by atoms with Gasteiger partial charge in [0.1, 0.15) is 0 Å². The van der Waals surface area contributed by atoms with Crippen molar-refractivity contribution in [3.8, 4) is 11.4 Å². The van der Waals surface area contributed by atoms with Gasteiger partial charge in [0.15, 0.2) is 11.0 Å². The van der Waals surface area contributed by atoms with E-state index >= 15 is 0 Å². The van der Waals surface area contributed by atoms with Gasteiger partial charge in [-0.25, -0.2) is 4.79 Å². The van der Waals surface area contributed by atoms with Crippen LogP contribution in [0.25, 0.3) is 22.3 Å². The van der Waals surface area contributed by atoms with Crippen LogP contribution in [0.2, 0.25) is 0 Å². The monoisotopic (exact) mass is 426 g/mol. The molecule has 0 bridgehead atoms. The number of urea groups is 1. The molecule has 0 aliphatic heterocycles. The second-order valence-electron chi connectivity index (χ2n) is 8.01. The largest absolute Gasteiger partial charge is 0.360 e. The zero-order valence-electron chi connectivity index (χ0n) is 17.3. The topological polar surface area (TPSA) is 105 Å². The maximum Gasteiger partial charge on any atom is 0.321 e. The van der Waals surface area contributed by atoms with Crippen LogP contribution in [0.3, 0.4) is 0 Å². The molecule has 1 aliphatic carbocycles. The summed E-state index contributed by atoms with van der Waals surface area (Å²) >= 11 is 1.32. The van der Waals surface area contributed by atoms with Crippen molar-refractivity contribution in [1.82, 2.24) is 30.4 Å². The van der Waals surface area contributed by atoms with Gasteiger partial charge in [-0.3, -0.25) is 14.7 Å². The number of fused-ring (bicyclic) bond motifs is 1. The van der Waals surface area contributed by atoms with Crippen molar-refractivity contribution < 1.29 is 9.59 Å². The molecule has 1 atom stereocenters. The van der Waals surface area contributed by atoms with Gasteiger partial charge in [-0.2, -0.15) is 0 Å². The lowest BCUT2D eigenvalue weighted by Gasteiger charge is -2.13. The third kappa shape index (κ3) is 4.35. The summed E-state index contributed by atoms with van der Waals surface area (Å²) in [6, 6.07) is 7.96. The van der Waals surface area contributed by atoms with Gasteiger partial charge in [0.25, 0.3) is 0 Å². The Morgan fingerprint density at radius 3 is 2.73 bits per heavy atom. The molecule has 4 rings (SSSR count). The Hall–Kier alpha value is -2.81. The fraction of sp³-hybridized carbons (Fsp3) is 0.429. The highest BCUT2D eigenvalue weighted by molar-refractivity contribution is 8.00. The quantitative estimate of drug-likeness (QED) is 0.500. The van der Waals surface area contributed by atoms with Crippen molar-refractivity contribution in [3.63, 3.8) is 0 Å². The summed E-state index contributed by atoms with van der Waals surface area (Å²) in [5.74, 6) is 0.776. The fourth-order valence-corrected chi connectivity index (χ4v) is 4.14. The summed E-state index contributed by atoms with van der Waals surface area (Å²) in [5, 5.41) is 15.2. The Balaban J connectivity index is 1.51. The fourth-order valence-electron chi connectivity index (χ4n) is 3.23. The standard InChI is InChI=1S/C21H26N6O2S/c1-12(2)10-23-20(29)24-19(28)13(3)30-21-26-25-18(27(21)14-8-9-14)16-11-22-17-7-5-4-6-15(16)17/h4-7,11-14,22H,8-10H2,1-3H3,(H2,23,24,28,29)/t13-/m1/s1. The maximum atomic E-state index is 12.5. The maximum absolute atomic E-state index is 12.5. The van der Waals surface area contributed by atoms with E-state index in [2.05, 4.69) is 36.4 Å². The number of para-hydroxylation sites is 1. The number of rotatable bonds is 7. The third-order valence-electron chi connectivity index (χ3n) is 4.97. The van der Waals surface area contributed by atoms with E-state index < -0.39 is 11.3 Å². The Bertz CT molecular complexity index is 1070. The zero-order chi connectivity index (χ0) is 21.3. The summed E-state index contributed by atoms with van der Waals surface area (Å²) < 4.78 is 2.13. The van der Waals surface area contributed by atoms with Gasteiger partial charge in [-0.1, -0.05) is 43.8 Å². The summed E-state index contributed by atoms with van der Waals surface area (Å²) in [5.41, 5.74) is 2.05. The number of benzene rings is 1. The first-order valence-corrected chi connectivity index (χ1v) is 11.1. The average Bonchev–Trinajstić information content (AvgIpc) is 3.33. The number of hydrogen-bond acceptors (Lipinski definition) is 5. The van der Waals surface area contributed by atoms with E-state index in [0.717, 1.165) is 35.1 Å². The highest BCUT2D eigenvalue weighted by Gasteiger charge is 2.32. The van der Waals surface area contributed by atoms with Crippen molar-refractivity contribution in [1.29, 1.82) is 0 Å². The predicted molar refractivity (Wildman–Crippen MR) is 117 cm³/mol. The third-order valence-corrected chi connectivity index (χ3v) is 6.02. The van der Waals surface area contributed by atoms with Crippen molar-refractivity contribution in [2.45, 2.75) is 50.1 Å². The lowest BCUT2D eigenvalue weighted by atomic mass is 10.1. The van der Waals surface area contributed by atoms with Gasteiger partial charge in [-0.15, -0.1) is 10.2 Å². The molecule has 3 aromatic rings. The first-order valence-electron chi connectivity index (χ1n) is 10.2. The van der Waals surface area contributed by atoms with Crippen LogP contribution in [-0.2, 0) is 4.79 Å². The highest BCUT2D eigenvalue weighted by Crippen LogP contribution is 2.42. The van der Waals surface area contributed by atoms with Crippen LogP contribution in [0.15, 0.2) is 35.6 Å². The second kappa shape index (κ2) is 8.51. The van der Waals surface area contributed by atoms with E-state index in [1.165, 1.54) is 11.8 Å². The van der Waals surface area contributed by atoms with Gasteiger partial charge in [0, 0.05) is 35.2 Å². The molecule has 2 aromatic heterocycles. The molecule has 3 N–H and O–H groups in total. The predicted octanol–water partition coefficient (Wildman–Crippen LogP) is 3.72. The minimum absolute atomic E-state index is 0.317. The molecule has 0 spiro atoms. The Morgan fingerprint density at radius 2 is 2.00 bits per heavy atom. The van der Waals surface area contributed by atoms with Crippen LogP contribution in [0, 0.1) is 5.92 Å². The minimum atomic E-state index is -0.479. The van der Waals surface area contributed by atoms with Crippen LogP contribution in [0.1, 0.15) is 39.7 Å². The number of H-pyrrole nitrogens is 1. The van der Waals surface area contributed by atoms with E-state index in [1.807, 2.05) is 38.2 Å². The number of nitrogens with one attached hydrogen (secondary N) is 3. The lowest BCUT2D eigenvalue weighted by molar-refractivity contribution is -0.119. The molecule has 2 heterocycles. The molecular formula is C21H26N6O2S. The first-order chi connectivity index (χ1) is 14.4. The van der Waals surface area contributed by atoms with Crippen molar-refractivity contribution in [2.24, 2.45) is 5.92 Å². The van der Waals surface area contributed by atoms with Gasteiger partial charge < -0.3 is 10.3 Å². The number of carbonyl (C=O) groups excluding carboxylic acids is 2. The number of imide groups is 1. The van der Waals surface area contributed by atoms with Crippen LogP contribution in [0.5, 0.6) is 0 Å².